The molecule has 0 atom stereocenters. The Kier molecular flexibility index (Phi) is 7.07. The lowest BCUT2D eigenvalue weighted by Crippen LogP contribution is -2.17. The quantitative estimate of drug-likeness (QED) is 0.300. The maximum absolute atomic E-state index is 13.7. The number of anilines is 2. The van der Waals surface area contributed by atoms with Crippen LogP contribution in [0.15, 0.2) is 64.4 Å². The van der Waals surface area contributed by atoms with Crippen molar-refractivity contribution < 1.29 is 40.2 Å². The van der Waals surface area contributed by atoms with Gasteiger partial charge in [0, 0.05) is 12.1 Å². The van der Waals surface area contributed by atoms with Gasteiger partial charge in [-0.2, -0.15) is 0 Å². The van der Waals surface area contributed by atoms with Gasteiger partial charge in [0.05, 0.1) is 45.4 Å². The molecule has 0 amide bonds. The van der Waals surface area contributed by atoms with Crippen molar-refractivity contribution >= 4 is 42.8 Å². The van der Waals surface area contributed by atoms with Gasteiger partial charge in [-0.05, 0) is 30.3 Å². The highest BCUT2D eigenvalue weighted by Gasteiger charge is 2.26. The first kappa shape index (κ1) is 26.2. The molecule has 13 nitrogen and oxygen atoms in total. The number of sulfonamides is 2. The molecule has 0 fully saturated rings. The van der Waals surface area contributed by atoms with E-state index in [2.05, 4.69) is 0 Å². The van der Waals surface area contributed by atoms with E-state index in [-0.39, 0.29) is 5.75 Å². The minimum Gasteiger partial charge on any atom is -0.495 e. The van der Waals surface area contributed by atoms with Crippen LogP contribution in [-0.4, -0.2) is 33.8 Å². The average molecular weight is 544 g/mol. The first-order valence-corrected chi connectivity index (χ1v) is 12.3. The topological polar surface area (TPSA) is 188 Å². The summed E-state index contributed by atoms with van der Waals surface area (Å²) in [6, 6.07) is 6.54. The highest BCUT2D eigenvalue weighted by molar-refractivity contribution is 7.93. The van der Waals surface area contributed by atoms with Crippen molar-refractivity contribution in [3.63, 3.8) is 0 Å². The molecule has 36 heavy (non-hydrogen) atoms. The van der Waals surface area contributed by atoms with E-state index in [1.54, 1.807) is 0 Å². The molecule has 3 aromatic carbocycles. The van der Waals surface area contributed by atoms with Crippen LogP contribution in [-0.2, 0) is 20.0 Å². The molecule has 0 saturated carbocycles. The summed E-state index contributed by atoms with van der Waals surface area (Å²) < 4.78 is 87.7. The number of nitro benzene ring substituents is 2. The highest BCUT2D eigenvalue weighted by atomic mass is 32.2. The van der Waals surface area contributed by atoms with E-state index in [0.29, 0.717) is 30.3 Å². The maximum atomic E-state index is 13.7. The second-order valence-corrected chi connectivity index (χ2v) is 10.3. The van der Waals surface area contributed by atoms with Crippen molar-refractivity contribution in [3.05, 3.63) is 86.5 Å². The fourth-order valence-corrected chi connectivity index (χ4v) is 5.31. The van der Waals surface area contributed by atoms with Gasteiger partial charge < -0.3 is 4.74 Å². The van der Waals surface area contributed by atoms with Gasteiger partial charge in [0.2, 0.25) is 0 Å². The molecule has 0 saturated heterocycles. The van der Waals surface area contributed by atoms with Gasteiger partial charge in [-0.15, -0.1) is 0 Å². The average Bonchev–Trinajstić information content (AvgIpc) is 2.77. The number of hydrogen-bond acceptors (Lipinski definition) is 9. The summed E-state index contributed by atoms with van der Waals surface area (Å²) >= 11 is 0. The Bertz CT molecular complexity index is 1600. The number of hydrogen-bond donors (Lipinski definition) is 2. The maximum Gasteiger partial charge on any atom is 0.274 e. The molecular formula is C19H14F2N4O9S2. The fraction of sp³-hybridized carbons (Fsp3) is 0.0526. The van der Waals surface area contributed by atoms with Gasteiger partial charge in [-0.25, -0.2) is 25.6 Å². The number of nitro groups is 2. The number of benzene rings is 3. The predicted octanol–water partition coefficient (Wildman–Crippen LogP) is 3.39. The van der Waals surface area contributed by atoms with Crippen molar-refractivity contribution in [2.24, 2.45) is 0 Å². The summed E-state index contributed by atoms with van der Waals surface area (Å²) in [5, 5.41) is 21.8. The number of non-ortho nitro benzene ring substituents is 2. The lowest BCUT2D eigenvalue weighted by Gasteiger charge is -2.14. The summed E-state index contributed by atoms with van der Waals surface area (Å²) in [4.78, 5) is 18.5. The van der Waals surface area contributed by atoms with Crippen LogP contribution in [0, 0.1) is 31.9 Å². The van der Waals surface area contributed by atoms with Crippen molar-refractivity contribution in [2.45, 2.75) is 9.79 Å². The van der Waals surface area contributed by atoms with Gasteiger partial charge in [0.25, 0.3) is 31.4 Å². The Labute approximate surface area is 201 Å². The van der Waals surface area contributed by atoms with E-state index in [9.17, 15) is 45.8 Å². The van der Waals surface area contributed by atoms with Crippen LogP contribution in [0.2, 0.25) is 0 Å². The number of rotatable bonds is 9. The molecule has 3 rings (SSSR count). The molecule has 2 N–H and O–H groups in total. The van der Waals surface area contributed by atoms with Crippen LogP contribution in [0.1, 0.15) is 0 Å². The van der Waals surface area contributed by atoms with Gasteiger partial charge in [-0.1, -0.05) is 0 Å². The third-order valence-electron chi connectivity index (χ3n) is 4.43. The molecule has 3 aromatic rings. The summed E-state index contributed by atoms with van der Waals surface area (Å²) in [6.07, 6.45) is 0. The first-order chi connectivity index (χ1) is 16.7. The van der Waals surface area contributed by atoms with Crippen molar-refractivity contribution in [1.29, 1.82) is 0 Å². The molecule has 0 aliphatic heterocycles. The summed E-state index contributed by atoms with van der Waals surface area (Å²) in [5.74, 6) is -2.55. The molecule has 17 heteroatoms. The molecule has 190 valence electrons. The zero-order valence-electron chi connectivity index (χ0n) is 17.8. The number of halogens is 2. The second kappa shape index (κ2) is 9.70. The zero-order valence-corrected chi connectivity index (χ0v) is 19.5. The van der Waals surface area contributed by atoms with Gasteiger partial charge in [0.15, 0.2) is 0 Å². The Balaban J connectivity index is 2.03. The third-order valence-corrected chi connectivity index (χ3v) is 7.21. The van der Waals surface area contributed by atoms with E-state index in [4.69, 9.17) is 4.74 Å². The molecule has 0 aromatic heterocycles. The van der Waals surface area contributed by atoms with Crippen LogP contribution in [0.3, 0.4) is 0 Å². The van der Waals surface area contributed by atoms with E-state index in [1.165, 1.54) is 0 Å². The standard InChI is InChI=1S/C19H14F2N4O9S2/c1-34-18-3-2-17(35(30,31)22-13-4-11(20)6-15(8-13)24(26)27)10-19(18)36(32,33)23-14-5-12(21)7-16(9-14)25(28)29/h2-10,22-23H,1H3. The van der Waals surface area contributed by atoms with Crippen LogP contribution >= 0.6 is 0 Å². The van der Waals surface area contributed by atoms with Gasteiger partial charge in [0.1, 0.15) is 22.3 Å². The van der Waals surface area contributed by atoms with Crippen molar-refractivity contribution in [1.82, 2.24) is 0 Å². The van der Waals surface area contributed by atoms with Crippen LogP contribution in [0.25, 0.3) is 0 Å². The Morgan fingerprint density at radius 2 is 1.22 bits per heavy atom. The number of methoxy groups -OCH3 is 1. The number of nitrogens with one attached hydrogen (secondary N) is 2. The Morgan fingerprint density at radius 3 is 1.67 bits per heavy atom. The molecule has 0 heterocycles. The lowest BCUT2D eigenvalue weighted by molar-refractivity contribution is -0.385. The van der Waals surface area contributed by atoms with Crippen molar-refractivity contribution in [2.75, 3.05) is 16.6 Å². The second-order valence-electron chi connectivity index (χ2n) is 6.93. The normalized spacial score (nSPS) is 11.5. The van der Waals surface area contributed by atoms with Crippen LogP contribution < -0.4 is 14.2 Å². The minimum atomic E-state index is -4.70. The Hall–Kier alpha value is -4.38. The van der Waals surface area contributed by atoms with E-state index < -0.39 is 74.1 Å². The SMILES string of the molecule is COc1ccc(S(=O)(=O)Nc2cc(F)cc([N+](=O)[O-])c2)cc1S(=O)(=O)Nc1cc(F)cc([N+](=O)[O-])c1. The van der Waals surface area contributed by atoms with E-state index in [0.717, 1.165) is 31.4 Å². The van der Waals surface area contributed by atoms with Crippen molar-refractivity contribution in [3.8, 4) is 5.75 Å². The summed E-state index contributed by atoms with van der Waals surface area (Å²) in [7, 11) is -8.23. The number of ether oxygens (including phenoxy) is 1. The largest absolute Gasteiger partial charge is 0.495 e. The summed E-state index contributed by atoms with van der Waals surface area (Å²) in [5.41, 5.74) is -2.52. The number of nitrogens with zero attached hydrogens (tertiary/aromatic N) is 2. The monoisotopic (exact) mass is 544 g/mol. The van der Waals surface area contributed by atoms with Crippen LogP contribution in [0.4, 0.5) is 31.5 Å². The third kappa shape index (κ3) is 5.81. The smallest absolute Gasteiger partial charge is 0.274 e. The Morgan fingerprint density at radius 1 is 0.750 bits per heavy atom. The summed E-state index contributed by atoms with van der Waals surface area (Å²) in [6.45, 7) is 0. The zero-order chi connectivity index (χ0) is 26.8. The van der Waals surface area contributed by atoms with Gasteiger partial charge >= 0.3 is 0 Å². The van der Waals surface area contributed by atoms with E-state index >= 15 is 0 Å². The predicted molar refractivity (Wildman–Crippen MR) is 121 cm³/mol. The lowest BCUT2D eigenvalue weighted by atomic mass is 10.3. The van der Waals surface area contributed by atoms with E-state index in [1.807, 2.05) is 9.44 Å². The molecule has 0 spiro atoms. The molecule has 0 radical (unpaired) electrons. The van der Waals surface area contributed by atoms with Crippen LogP contribution in [0.5, 0.6) is 5.75 Å². The fourth-order valence-electron chi connectivity index (χ4n) is 2.94. The molecule has 0 unspecified atom stereocenters. The molecular weight excluding hydrogens is 530 g/mol. The molecule has 0 aliphatic carbocycles. The first-order valence-electron chi connectivity index (χ1n) is 9.35. The minimum absolute atomic E-state index is 0.339. The van der Waals surface area contributed by atoms with Gasteiger partial charge in [-0.3, -0.25) is 29.7 Å². The highest BCUT2D eigenvalue weighted by Crippen LogP contribution is 2.31. The molecule has 0 bridgehead atoms. The molecule has 0 aliphatic rings.